The molecule has 3 rings (SSSR count). The lowest BCUT2D eigenvalue weighted by molar-refractivity contribution is 0.0821. The van der Waals surface area contributed by atoms with Crippen LogP contribution in [-0.4, -0.2) is 32.9 Å². The van der Waals surface area contributed by atoms with E-state index in [2.05, 4.69) is 21.9 Å². The van der Waals surface area contributed by atoms with Crippen LogP contribution in [0.25, 0.3) is 0 Å². The molecule has 2 atom stereocenters. The molecule has 0 saturated carbocycles. The summed E-state index contributed by atoms with van der Waals surface area (Å²) in [5, 5.41) is 7.34. The second-order valence-corrected chi connectivity index (χ2v) is 6.14. The molecular formula is C17H24N4O2. The predicted molar refractivity (Wildman–Crippen MR) is 87.4 cm³/mol. The Bertz CT molecular complexity index is 716. The molecule has 0 radical (unpaired) electrons. The van der Waals surface area contributed by atoms with Crippen LogP contribution in [0.5, 0.6) is 0 Å². The van der Waals surface area contributed by atoms with Crippen molar-refractivity contribution in [3.8, 4) is 0 Å². The Balaban J connectivity index is 1.77. The van der Waals surface area contributed by atoms with Crippen molar-refractivity contribution in [3.63, 3.8) is 0 Å². The maximum absolute atomic E-state index is 12.7. The number of carbonyl (C=O) groups excluding carboxylic acids is 1. The van der Waals surface area contributed by atoms with E-state index in [1.165, 1.54) is 0 Å². The number of carbonyl (C=O) groups is 1. The van der Waals surface area contributed by atoms with Gasteiger partial charge in [0.2, 0.25) is 0 Å². The molecule has 1 fully saturated rings. The van der Waals surface area contributed by atoms with Crippen LogP contribution in [0.4, 0.5) is 0 Å². The Hall–Kier alpha value is -2.08. The second-order valence-electron chi connectivity index (χ2n) is 6.14. The molecule has 6 heteroatoms. The van der Waals surface area contributed by atoms with E-state index in [9.17, 15) is 4.79 Å². The first-order valence-corrected chi connectivity index (χ1v) is 8.09. The molecule has 3 heterocycles. The van der Waals surface area contributed by atoms with Gasteiger partial charge in [0, 0.05) is 43.3 Å². The van der Waals surface area contributed by atoms with E-state index in [0.29, 0.717) is 6.61 Å². The van der Waals surface area contributed by atoms with Crippen molar-refractivity contribution in [1.29, 1.82) is 0 Å². The van der Waals surface area contributed by atoms with E-state index in [1.54, 1.807) is 10.9 Å². The molecule has 1 N–H and O–H groups in total. The third kappa shape index (κ3) is 2.91. The van der Waals surface area contributed by atoms with E-state index in [-0.39, 0.29) is 18.1 Å². The van der Waals surface area contributed by atoms with Crippen LogP contribution in [0.3, 0.4) is 0 Å². The zero-order valence-electron chi connectivity index (χ0n) is 14.2. The number of aromatic nitrogens is 3. The van der Waals surface area contributed by atoms with Crippen molar-refractivity contribution in [3.05, 3.63) is 41.0 Å². The van der Waals surface area contributed by atoms with E-state index in [0.717, 1.165) is 35.5 Å². The molecule has 0 unspecified atom stereocenters. The largest absolute Gasteiger partial charge is 0.371 e. The van der Waals surface area contributed by atoms with E-state index < -0.39 is 0 Å². The van der Waals surface area contributed by atoms with Crippen LogP contribution < -0.4 is 5.32 Å². The first kappa shape index (κ1) is 15.8. The number of amides is 1. The zero-order valence-corrected chi connectivity index (χ0v) is 14.2. The lowest BCUT2D eigenvalue weighted by Crippen LogP contribution is -2.37. The van der Waals surface area contributed by atoms with Gasteiger partial charge in [0.25, 0.3) is 5.91 Å². The van der Waals surface area contributed by atoms with E-state index in [1.807, 2.05) is 33.2 Å². The summed E-state index contributed by atoms with van der Waals surface area (Å²) in [6.45, 7) is 7.64. The topological polar surface area (TPSA) is 61.1 Å². The van der Waals surface area contributed by atoms with Gasteiger partial charge in [-0.05, 0) is 33.3 Å². The lowest BCUT2D eigenvalue weighted by atomic mass is 10.0. The summed E-state index contributed by atoms with van der Waals surface area (Å²) < 4.78 is 9.71. The minimum atomic E-state index is -0.123. The quantitative estimate of drug-likeness (QED) is 0.940. The molecule has 0 spiro atoms. The predicted octanol–water partition coefficient (Wildman–Crippen LogP) is 2.12. The number of nitrogens with one attached hydrogen (secondary N) is 1. The van der Waals surface area contributed by atoms with Crippen molar-refractivity contribution >= 4 is 5.91 Å². The van der Waals surface area contributed by atoms with Gasteiger partial charge in [-0.25, -0.2) is 0 Å². The van der Waals surface area contributed by atoms with Crippen molar-refractivity contribution < 1.29 is 9.53 Å². The third-order valence-electron chi connectivity index (χ3n) is 4.60. The highest BCUT2D eigenvalue weighted by atomic mass is 16.5. The molecule has 124 valence electrons. The van der Waals surface area contributed by atoms with Gasteiger partial charge < -0.3 is 14.6 Å². The Morgan fingerprint density at radius 2 is 2.26 bits per heavy atom. The van der Waals surface area contributed by atoms with Gasteiger partial charge >= 0.3 is 0 Å². The SMILES string of the molecule is CCn1c(C)cc(C(=O)N[C@H]2CCO[C@@H]2c2cnn(C)c2)c1C. The fraction of sp³-hybridized carbons (Fsp3) is 0.529. The molecule has 1 aliphatic heterocycles. The van der Waals surface area contributed by atoms with Crippen LogP contribution in [-0.2, 0) is 18.3 Å². The zero-order chi connectivity index (χ0) is 16.6. The van der Waals surface area contributed by atoms with Gasteiger partial charge in [-0.15, -0.1) is 0 Å². The number of nitrogens with zero attached hydrogens (tertiary/aromatic N) is 3. The molecule has 2 aromatic rings. The van der Waals surface area contributed by atoms with Gasteiger partial charge in [-0.1, -0.05) is 0 Å². The van der Waals surface area contributed by atoms with Crippen molar-refractivity contribution in [2.75, 3.05) is 6.61 Å². The minimum absolute atomic E-state index is 0.0172. The highest BCUT2D eigenvalue weighted by molar-refractivity contribution is 5.96. The monoisotopic (exact) mass is 316 g/mol. The van der Waals surface area contributed by atoms with Crippen molar-refractivity contribution in [2.45, 2.75) is 45.9 Å². The molecule has 0 aromatic carbocycles. The smallest absolute Gasteiger partial charge is 0.253 e. The van der Waals surface area contributed by atoms with E-state index in [4.69, 9.17) is 4.74 Å². The molecular weight excluding hydrogens is 292 g/mol. The molecule has 0 bridgehead atoms. The Morgan fingerprint density at radius 1 is 1.48 bits per heavy atom. The number of hydrogen-bond acceptors (Lipinski definition) is 3. The van der Waals surface area contributed by atoms with Gasteiger partial charge in [-0.3, -0.25) is 9.48 Å². The van der Waals surface area contributed by atoms with E-state index >= 15 is 0 Å². The van der Waals surface area contributed by atoms with Crippen LogP contribution in [0, 0.1) is 13.8 Å². The Kier molecular flexibility index (Phi) is 4.26. The summed E-state index contributed by atoms with van der Waals surface area (Å²) in [7, 11) is 1.88. The third-order valence-corrected chi connectivity index (χ3v) is 4.60. The fourth-order valence-electron chi connectivity index (χ4n) is 3.42. The van der Waals surface area contributed by atoms with Gasteiger partial charge in [0.1, 0.15) is 6.10 Å². The Morgan fingerprint density at radius 3 is 2.87 bits per heavy atom. The maximum atomic E-state index is 12.7. The standard InChI is InChI=1S/C17H24N4O2/c1-5-21-11(2)8-14(12(21)3)17(22)19-15-6-7-23-16(15)13-9-18-20(4)10-13/h8-10,15-16H,5-7H2,1-4H3,(H,19,22)/t15-,16+/m0/s1. The first-order valence-electron chi connectivity index (χ1n) is 8.09. The number of ether oxygens (including phenoxy) is 1. The summed E-state index contributed by atoms with van der Waals surface area (Å²) in [6.07, 6.45) is 4.44. The fourth-order valence-corrected chi connectivity index (χ4v) is 3.42. The van der Waals surface area contributed by atoms with Crippen LogP contribution in [0.1, 0.15) is 46.8 Å². The number of aryl methyl sites for hydroxylation is 2. The summed E-state index contributed by atoms with van der Waals surface area (Å²) in [5.41, 5.74) is 3.89. The summed E-state index contributed by atoms with van der Waals surface area (Å²) in [6, 6.07) is 1.94. The Labute approximate surface area is 136 Å². The average Bonchev–Trinajstić information content (AvgIpc) is 3.19. The number of rotatable bonds is 4. The van der Waals surface area contributed by atoms with Crippen LogP contribution in [0.15, 0.2) is 18.5 Å². The van der Waals surface area contributed by atoms with Crippen LogP contribution >= 0.6 is 0 Å². The molecule has 0 aliphatic carbocycles. The van der Waals surface area contributed by atoms with Gasteiger partial charge in [0.05, 0.1) is 17.8 Å². The maximum Gasteiger partial charge on any atom is 0.253 e. The summed E-state index contributed by atoms with van der Waals surface area (Å²) in [5.74, 6) is -0.0257. The summed E-state index contributed by atoms with van der Waals surface area (Å²) in [4.78, 5) is 12.7. The average molecular weight is 316 g/mol. The van der Waals surface area contributed by atoms with Crippen molar-refractivity contribution in [2.24, 2.45) is 7.05 Å². The highest BCUT2D eigenvalue weighted by Crippen LogP contribution is 2.29. The molecule has 1 amide bonds. The molecule has 1 saturated heterocycles. The summed E-state index contributed by atoms with van der Waals surface area (Å²) >= 11 is 0. The minimum Gasteiger partial charge on any atom is -0.371 e. The van der Waals surface area contributed by atoms with Crippen molar-refractivity contribution in [1.82, 2.24) is 19.7 Å². The van der Waals surface area contributed by atoms with Gasteiger partial charge in [-0.2, -0.15) is 5.10 Å². The normalized spacial score (nSPS) is 20.9. The molecule has 23 heavy (non-hydrogen) atoms. The second kappa shape index (κ2) is 6.20. The number of hydrogen-bond donors (Lipinski definition) is 1. The molecule has 6 nitrogen and oxygen atoms in total. The molecule has 2 aromatic heterocycles. The van der Waals surface area contributed by atoms with Crippen LogP contribution in [0.2, 0.25) is 0 Å². The van der Waals surface area contributed by atoms with Gasteiger partial charge in [0.15, 0.2) is 0 Å². The molecule has 1 aliphatic rings. The first-order chi connectivity index (χ1) is 11.0. The lowest BCUT2D eigenvalue weighted by Gasteiger charge is -2.19. The highest BCUT2D eigenvalue weighted by Gasteiger charge is 2.32.